The SMILES string of the molecule is CN(C)C1(CNC(=O)c2cc(Br)cc(Br)c2)CCC1. The highest BCUT2D eigenvalue weighted by molar-refractivity contribution is 9.11. The first-order chi connectivity index (χ1) is 8.93. The van der Waals surface area contributed by atoms with E-state index in [9.17, 15) is 4.79 Å². The molecule has 1 saturated carbocycles. The molecule has 104 valence electrons. The summed E-state index contributed by atoms with van der Waals surface area (Å²) in [6.45, 7) is 0.711. The summed E-state index contributed by atoms with van der Waals surface area (Å²) in [7, 11) is 4.17. The lowest BCUT2D eigenvalue weighted by Gasteiger charge is -2.47. The smallest absolute Gasteiger partial charge is 0.251 e. The van der Waals surface area contributed by atoms with E-state index in [0.29, 0.717) is 12.1 Å². The fourth-order valence-electron chi connectivity index (χ4n) is 2.40. The van der Waals surface area contributed by atoms with Crippen molar-refractivity contribution in [3.05, 3.63) is 32.7 Å². The van der Waals surface area contributed by atoms with Crippen molar-refractivity contribution in [3.8, 4) is 0 Å². The van der Waals surface area contributed by atoms with Gasteiger partial charge < -0.3 is 10.2 Å². The average Bonchev–Trinajstić information content (AvgIpc) is 2.25. The van der Waals surface area contributed by atoms with E-state index in [-0.39, 0.29) is 11.4 Å². The highest BCUT2D eigenvalue weighted by Gasteiger charge is 2.39. The summed E-state index contributed by atoms with van der Waals surface area (Å²) >= 11 is 6.80. The van der Waals surface area contributed by atoms with Crippen LogP contribution in [0.3, 0.4) is 0 Å². The van der Waals surface area contributed by atoms with E-state index < -0.39 is 0 Å². The van der Waals surface area contributed by atoms with Gasteiger partial charge in [0.25, 0.3) is 5.91 Å². The number of hydrogen-bond acceptors (Lipinski definition) is 2. The molecule has 1 aliphatic carbocycles. The average molecular weight is 390 g/mol. The van der Waals surface area contributed by atoms with Crippen molar-refractivity contribution < 1.29 is 4.79 Å². The largest absolute Gasteiger partial charge is 0.350 e. The minimum Gasteiger partial charge on any atom is -0.350 e. The molecule has 1 N–H and O–H groups in total. The molecule has 0 heterocycles. The molecule has 1 aliphatic rings. The second-order valence-corrected chi connectivity index (χ2v) is 7.14. The Labute approximate surface area is 131 Å². The van der Waals surface area contributed by atoms with Crippen molar-refractivity contribution in [3.63, 3.8) is 0 Å². The van der Waals surface area contributed by atoms with Crippen molar-refractivity contribution in [1.82, 2.24) is 10.2 Å². The number of amides is 1. The Hall–Kier alpha value is -0.390. The third-order valence-electron chi connectivity index (χ3n) is 3.94. The molecule has 0 bridgehead atoms. The number of halogens is 2. The maximum absolute atomic E-state index is 12.2. The van der Waals surface area contributed by atoms with Crippen LogP contribution in [-0.4, -0.2) is 37.0 Å². The minimum atomic E-state index is -0.0184. The second-order valence-electron chi connectivity index (χ2n) is 5.31. The summed E-state index contributed by atoms with van der Waals surface area (Å²) < 4.78 is 1.80. The molecule has 0 unspecified atom stereocenters. The van der Waals surface area contributed by atoms with Crippen molar-refractivity contribution >= 4 is 37.8 Å². The van der Waals surface area contributed by atoms with Crippen LogP contribution in [-0.2, 0) is 0 Å². The molecule has 0 atom stereocenters. The van der Waals surface area contributed by atoms with E-state index in [2.05, 4.69) is 56.2 Å². The highest BCUT2D eigenvalue weighted by Crippen LogP contribution is 2.35. The van der Waals surface area contributed by atoms with Gasteiger partial charge in [-0.05, 0) is 51.6 Å². The van der Waals surface area contributed by atoms with Crippen LogP contribution in [0.15, 0.2) is 27.1 Å². The summed E-state index contributed by atoms with van der Waals surface area (Å²) in [5.41, 5.74) is 0.827. The Balaban J connectivity index is 2.01. The normalized spacial score (nSPS) is 17.1. The lowest BCUT2D eigenvalue weighted by atomic mass is 9.75. The summed E-state index contributed by atoms with van der Waals surface area (Å²) in [6.07, 6.45) is 3.56. The maximum atomic E-state index is 12.2. The van der Waals surface area contributed by atoms with Gasteiger partial charge in [0.1, 0.15) is 0 Å². The zero-order valence-electron chi connectivity index (χ0n) is 11.2. The van der Waals surface area contributed by atoms with E-state index in [4.69, 9.17) is 0 Å². The first-order valence-electron chi connectivity index (χ1n) is 6.35. The Morgan fingerprint density at radius 2 is 1.84 bits per heavy atom. The Morgan fingerprint density at radius 3 is 2.26 bits per heavy atom. The third kappa shape index (κ3) is 3.38. The number of hydrogen-bond donors (Lipinski definition) is 1. The van der Waals surface area contributed by atoms with Crippen LogP contribution in [0.2, 0.25) is 0 Å². The lowest BCUT2D eigenvalue weighted by molar-refractivity contribution is 0.0557. The second kappa shape index (κ2) is 5.94. The number of benzene rings is 1. The zero-order valence-corrected chi connectivity index (χ0v) is 14.3. The quantitative estimate of drug-likeness (QED) is 0.855. The molecule has 1 fully saturated rings. The van der Waals surface area contributed by atoms with Gasteiger partial charge in [0, 0.05) is 26.6 Å². The predicted molar refractivity (Wildman–Crippen MR) is 84.4 cm³/mol. The summed E-state index contributed by atoms with van der Waals surface area (Å²) in [5, 5.41) is 3.06. The molecule has 0 aliphatic heterocycles. The van der Waals surface area contributed by atoms with Gasteiger partial charge in [-0.15, -0.1) is 0 Å². The number of likely N-dealkylation sites (N-methyl/N-ethyl adjacent to an activating group) is 1. The number of nitrogens with one attached hydrogen (secondary N) is 1. The van der Waals surface area contributed by atoms with Crippen molar-refractivity contribution in [1.29, 1.82) is 0 Å². The van der Waals surface area contributed by atoms with Crippen molar-refractivity contribution in [2.45, 2.75) is 24.8 Å². The van der Waals surface area contributed by atoms with E-state index >= 15 is 0 Å². The fraction of sp³-hybridized carbons (Fsp3) is 0.500. The van der Waals surface area contributed by atoms with Crippen LogP contribution in [0, 0.1) is 0 Å². The number of carbonyl (C=O) groups excluding carboxylic acids is 1. The van der Waals surface area contributed by atoms with Gasteiger partial charge >= 0.3 is 0 Å². The number of nitrogens with zero attached hydrogens (tertiary/aromatic N) is 1. The van der Waals surface area contributed by atoms with E-state index in [1.807, 2.05) is 18.2 Å². The van der Waals surface area contributed by atoms with Crippen LogP contribution in [0.25, 0.3) is 0 Å². The molecular formula is C14H18Br2N2O. The molecule has 2 rings (SSSR count). The molecule has 19 heavy (non-hydrogen) atoms. The maximum Gasteiger partial charge on any atom is 0.251 e. The van der Waals surface area contributed by atoms with Crippen LogP contribution >= 0.6 is 31.9 Å². The topological polar surface area (TPSA) is 32.3 Å². The number of rotatable bonds is 4. The third-order valence-corrected chi connectivity index (χ3v) is 4.85. The number of carbonyl (C=O) groups is 1. The first kappa shape index (κ1) is 15.0. The molecule has 1 amide bonds. The summed E-state index contributed by atoms with van der Waals surface area (Å²) in [6, 6.07) is 5.59. The van der Waals surface area contributed by atoms with Gasteiger partial charge in [-0.25, -0.2) is 0 Å². The Morgan fingerprint density at radius 1 is 1.26 bits per heavy atom. The van der Waals surface area contributed by atoms with Crippen LogP contribution in [0.4, 0.5) is 0 Å². The molecule has 1 aromatic rings. The molecule has 0 aromatic heterocycles. The zero-order chi connectivity index (χ0) is 14.0. The van der Waals surface area contributed by atoms with Gasteiger partial charge in [-0.3, -0.25) is 4.79 Å². The Kier molecular flexibility index (Phi) is 4.69. The van der Waals surface area contributed by atoms with Gasteiger partial charge in [-0.1, -0.05) is 31.9 Å². The predicted octanol–water partition coefficient (Wildman–Crippen LogP) is 3.43. The Bertz CT molecular complexity index is 464. The molecule has 0 spiro atoms. The van der Waals surface area contributed by atoms with Crippen molar-refractivity contribution in [2.24, 2.45) is 0 Å². The monoisotopic (exact) mass is 388 g/mol. The molecule has 5 heteroatoms. The molecular weight excluding hydrogens is 372 g/mol. The van der Waals surface area contributed by atoms with E-state index in [1.165, 1.54) is 6.42 Å². The van der Waals surface area contributed by atoms with Crippen molar-refractivity contribution in [2.75, 3.05) is 20.6 Å². The van der Waals surface area contributed by atoms with Gasteiger partial charge in [0.05, 0.1) is 0 Å². The molecule has 3 nitrogen and oxygen atoms in total. The standard InChI is InChI=1S/C14H18Br2N2O/c1-18(2)14(4-3-5-14)9-17-13(19)10-6-11(15)8-12(16)7-10/h6-8H,3-5,9H2,1-2H3,(H,17,19). The molecule has 1 aromatic carbocycles. The van der Waals surface area contributed by atoms with Crippen LogP contribution in [0.1, 0.15) is 29.6 Å². The van der Waals surface area contributed by atoms with Gasteiger partial charge in [0.2, 0.25) is 0 Å². The summed E-state index contributed by atoms with van der Waals surface area (Å²) in [5.74, 6) is -0.0184. The van der Waals surface area contributed by atoms with E-state index in [0.717, 1.165) is 21.8 Å². The van der Waals surface area contributed by atoms with Crippen LogP contribution in [0.5, 0.6) is 0 Å². The molecule has 0 radical (unpaired) electrons. The lowest BCUT2D eigenvalue weighted by Crippen LogP contribution is -2.57. The molecule has 0 saturated heterocycles. The minimum absolute atomic E-state index is 0.0184. The van der Waals surface area contributed by atoms with Crippen LogP contribution < -0.4 is 5.32 Å². The highest BCUT2D eigenvalue weighted by atomic mass is 79.9. The van der Waals surface area contributed by atoms with Gasteiger partial charge in [-0.2, -0.15) is 0 Å². The van der Waals surface area contributed by atoms with Gasteiger partial charge in [0.15, 0.2) is 0 Å². The first-order valence-corrected chi connectivity index (χ1v) is 7.93. The summed E-state index contributed by atoms with van der Waals surface area (Å²) in [4.78, 5) is 14.4. The van der Waals surface area contributed by atoms with E-state index in [1.54, 1.807) is 0 Å². The fourth-order valence-corrected chi connectivity index (χ4v) is 3.69.